The van der Waals surface area contributed by atoms with Gasteiger partial charge in [-0.15, -0.1) is 0 Å². The van der Waals surface area contributed by atoms with Crippen LogP contribution in [0.3, 0.4) is 0 Å². The summed E-state index contributed by atoms with van der Waals surface area (Å²) in [4.78, 5) is 0. The van der Waals surface area contributed by atoms with E-state index in [0.29, 0.717) is 0 Å². The van der Waals surface area contributed by atoms with Gasteiger partial charge in [-0.1, -0.05) is 45.3 Å². The van der Waals surface area contributed by atoms with Crippen molar-refractivity contribution in [3.8, 4) is 0 Å². The van der Waals surface area contributed by atoms with Crippen molar-refractivity contribution in [1.82, 2.24) is 4.23 Å². The molecule has 0 aliphatic rings. The predicted molar refractivity (Wildman–Crippen MR) is 89.2 cm³/mol. The Labute approximate surface area is 118 Å². The van der Waals surface area contributed by atoms with Crippen LogP contribution in [0, 0.1) is 0 Å². The highest BCUT2D eigenvalue weighted by Crippen LogP contribution is 2.20. The van der Waals surface area contributed by atoms with Crippen LogP contribution < -0.4 is 0 Å². The van der Waals surface area contributed by atoms with Gasteiger partial charge in [0.2, 0.25) is 0 Å². The minimum atomic E-state index is -1.17. The predicted octanol–water partition coefficient (Wildman–Crippen LogP) is 2.51. The SMILES string of the molecule is COC(OC)[SiH2]CCCN([Si](C)(C)C)[Si](C)(C)C. The lowest BCUT2D eigenvalue weighted by Gasteiger charge is -2.43. The van der Waals surface area contributed by atoms with Crippen LogP contribution in [0.5, 0.6) is 0 Å². The highest BCUT2D eigenvalue weighted by molar-refractivity contribution is 6.89. The highest BCUT2D eigenvalue weighted by atomic mass is 28.4. The minimum Gasteiger partial charge on any atom is -0.360 e. The lowest BCUT2D eigenvalue weighted by molar-refractivity contribution is -0.0441. The molecule has 3 nitrogen and oxygen atoms in total. The molecule has 0 atom stereocenters. The van der Waals surface area contributed by atoms with Crippen molar-refractivity contribution in [2.75, 3.05) is 20.8 Å². The van der Waals surface area contributed by atoms with E-state index in [4.69, 9.17) is 9.47 Å². The topological polar surface area (TPSA) is 21.7 Å². The molecule has 0 radical (unpaired) electrons. The fourth-order valence-electron chi connectivity index (χ4n) is 2.59. The molecule has 0 aromatic heterocycles. The molecule has 0 heterocycles. The van der Waals surface area contributed by atoms with Gasteiger partial charge in [0, 0.05) is 14.2 Å². The van der Waals surface area contributed by atoms with Gasteiger partial charge in [0.15, 0.2) is 0 Å². The van der Waals surface area contributed by atoms with E-state index in [9.17, 15) is 0 Å². The third kappa shape index (κ3) is 7.20. The van der Waals surface area contributed by atoms with E-state index in [0.717, 1.165) is 0 Å². The number of hydrogen-bond donors (Lipinski definition) is 0. The molecular formula is C12H33NO2Si3. The molecule has 0 unspecified atom stereocenters. The molecule has 6 heteroatoms. The molecule has 0 aromatic rings. The van der Waals surface area contributed by atoms with Crippen molar-refractivity contribution in [2.45, 2.75) is 57.7 Å². The minimum absolute atomic E-state index is 0.109. The molecule has 0 saturated heterocycles. The zero-order valence-corrected chi connectivity index (χ0v) is 17.1. The first-order valence-electron chi connectivity index (χ1n) is 6.96. The Hall–Kier alpha value is 0.531. The van der Waals surface area contributed by atoms with Crippen molar-refractivity contribution in [2.24, 2.45) is 0 Å². The number of methoxy groups -OCH3 is 2. The van der Waals surface area contributed by atoms with Gasteiger partial charge in [-0.2, -0.15) is 0 Å². The standard InChI is InChI=1S/C12H33NO2Si3/c1-14-12(15-2)16-11-9-10-13(17(3,4)5)18(6,7)8/h12H,9-11,16H2,1-8H3. The molecule has 0 aliphatic heterocycles. The second-order valence-corrected chi connectivity index (χ2v) is 19.1. The molecule has 18 heavy (non-hydrogen) atoms. The van der Waals surface area contributed by atoms with E-state index in [1.165, 1.54) is 19.0 Å². The summed E-state index contributed by atoms with van der Waals surface area (Å²) in [6.07, 6.45) is 1.31. The third-order valence-electron chi connectivity index (χ3n) is 3.22. The molecule has 0 aromatic carbocycles. The zero-order valence-electron chi connectivity index (χ0n) is 13.7. The van der Waals surface area contributed by atoms with Crippen LogP contribution >= 0.6 is 0 Å². The molecule has 0 bridgehead atoms. The van der Waals surface area contributed by atoms with Crippen LogP contribution in [0.2, 0.25) is 45.3 Å². The van der Waals surface area contributed by atoms with Crippen LogP contribution in [-0.2, 0) is 9.47 Å². The quantitative estimate of drug-likeness (QED) is 0.371. The van der Waals surface area contributed by atoms with Gasteiger partial charge in [-0.05, 0) is 13.0 Å². The molecule has 0 fully saturated rings. The molecule has 0 rings (SSSR count). The second-order valence-electron chi connectivity index (χ2n) is 6.89. The van der Waals surface area contributed by atoms with Crippen LogP contribution in [0.4, 0.5) is 0 Å². The van der Waals surface area contributed by atoms with E-state index in [2.05, 4.69) is 43.5 Å². The fourth-order valence-corrected chi connectivity index (χ4v) is 13.6. The Kier molecular flexibility index (Phi) is 8.20. The van der Waals surface area contributed by atoms with Crippen LogP contribution in [-0.4, -0.2) is 56.9 Å². The van der Waals surface area contributed by atoms with Crippen LogP contribution in [0.25, 0.3) is 0 Å². The Morgan fingerprint density at radius 3 is 1.72 bits per heavy atom. The molecule has 0 spiro atoms. The number of rotatable bonds is 9. The summed E-state index contributed by atoms with van der Waals surface area (Å²) in [6.45, 7) is 16.1. The first-order valence-corrected chi connectivity index (χ1v) is 15.7. The Balaban J connectivity index is 4.15. The maximum absolute atomic E-state index is 5.28. The van der Waals surface area contributed by atoms with Crippen LogP contribution in [0.15, 0.2) is 0 Å². The second kappa shape index (κ2) is 7.96. The molecule has 0 amide bonds. The summed E-state index contributed by atoms with van der Waals surface area (Å²) in [5.41, 5.74) is 0. The Morgan fingerprint density at radius 2 is 1.39 bits per heavy atom. The normalized spacial score (nSPS) is 14.3. The van der Waals surface area contributed by atoms with E-state index in [1.54, 1.807) is 14.2 Å². The molecule has 110 valence electrons. The van der Waals surface area contributed by atoms with Gasteiger partial charge < -0.3 is 13.7 Å². The average Bonchev–Trinajstić information content (AvgIpc) is 2.19. The Morgan fingerprint density at radius 1 is 0.944 bits per heavy atom. The number of ether oxygens (including phenoxy) is 2. The molecular weight excluding hydrogens is 274 g/mol. The van der Waals surface area contributed by atoms with E-state index < -0.39 is 16.5 Å². The van der Waals surface area contributed by atoms with Crippen molar-refractivity contribution < 1.29 is 9.47 Å². The summed E-state index contributed by atoms with van der Waals surface area (Å²) < 4.78 is 13.4. The first kappa shape index (κ1) is 18.5. The summed E-state index contributed by atoms with van der Waals surface area (Å²) >= 11 is 0. The zero-order chi connectivity index (χ0) is 14.4. The highest BCUT2D eigenvalue weighted by Gasteiger charge is 2.33. The van der Waals surface area contributed by atoms with Gasteiger partial charge >= 0.3 is 0 Å². The maximum Gasteiger partial charge on any atom is 0.134 e. The summed E-state index contributed by atoms with van der Waals surface area (Å²) in [6, 6.07) is 1.32. The van der Waals surface area contributed by atoms with Gasteiger partial charge in [0.05, 0.1) is 9.52 Å². The lowest BCUT2D eigenvalue weighted by Crippen LogP contribution is -2.59. The van der Waals surface area contributed by atoms with E-state index in [1.807, 2.05) is 0 Å². The summed E-state index contributed by atoms with van der Waals surface area (Å²) in [7, 11) is 0.914. The van der Waals surface area contributed by atoms with Crippen molar-refractivity contribution in [3.05, 3.63) is 0 Å². The Bertz CT molecular complexity index is 208. The third-order valence-corrected chi connectivity index (χ3v) is 13.0. The van der Waals surface area contributed by atoms with Gasteiger partial charge in [-0.25, -0.2) is 0 Å². The van der Waals surface area contributed by atoms with E-state index in [-0.39, 0.29) is 15.4 Å². The monoisotopic (exact) mass is 307 g/mol. The first-order chi connectivity index (χ1) is 8.12. The van der Waals surface area contributed by atoms with E-state index >= 15 is 0 Å². The molecule has 0 N–H and O–H groups in total. The summed E-state index contributed by atoms with van der Waals surface area (Å²) in [5.74, 6) is 0.109. The molecule has 0 saturated carbocycles. The lowest BCUT2D eigenvalue weighted by atomic mass is 10.5. The van der Waals surface area contributed by atoms with Gasteiger partial charge in [0.25, 0.3) is 0 Å². The van der Waals surface area contributed by atoms with Crippen LogP contribution in [0.1, 0.15) is 6.42 Å². The largest absolute Gasteiger partial charge is 0.360 e. The number of hydrogen-bond acceptors (Lipinski definition) is 3. The van der Waals surface area contributed by atoms with Gasteiger partial charge in [-0.3, -0.25) is 0 Å². The maximum atomic E-state index is 5.28. The summed E-state index contributed by atoms with van der Waals surface area (Å²) in [5, 5.41) is 0. The molecule has 0 aliphatic carbocycles. The smallest absolute Gasteiger partial charge is 0.134 e. The van der Waals surface area contributed by atoms with Crippen molar-refractivity contribution in [3.63, 3.8) is 0 Å². The van der Waals surface area contributed by atoms with Gasteiger partial charge in [0.1, 0.15) is 22.4 Å². The van der Waals surface area contributed by atoms with Crippen molar-refractivity contribution >= 4 is 26.0 Å². The fraction of sp³-hybridized carbons (Fsp3) is 1.00. The van der Waals surface area contributed by atoms with Crippen molar-refractivity contribution in [1.29, 1.82) is 0 Å². The average molecular weight is 308 g/mol. The number of nitrogens with zero attached hydrogens (tertiary/aromatic N) is 1.